The molecule has 0 saturated carbocycles. The first kappa shape index (κ1) is 12.5. The predicted octanol–water partition coefficient (Wildman–Crippen LogP) is 2.34. The zero-order valence-electron chi connectivity index (χ0n) is 9.59. The van der Waals surface area contributed by atoms with E-state index in [-0.39, 0.29) is 17.6 Å². The molecule has 3 heteroatoms. The molecule has 2 nitrogen and oxygen atoms in total. The Balaban J connectivity index is 2.62. The molecule has 0 aliphatic rings. The monoisotopic (exact) mass is 221 g/mol. The van der Waals surface area contributed by atoms with E-state index in [4.69, 9.17) is 11.2 Å². The highest BCUT2D eigenvalue weighted by molar-refractivity contribution is 5.29. The molecule has 0 saturated heterocycles. The van der Waals surface area contributed by atoms with Crippen LogP contribution in [0, 0.1) is 18.2 Å². The second kappa shape index (κ2) is 6.14. The highest BCUT2D eigenvalue weighted by Crippen LogP contribution is 2.17. The minimum atomic E-state index is -0.351. The summed E-state index contributed by atoms with van der Waals surface area (Å²) in [4.78, 5) is 0. The van der Waals surface area contributed by atoms with Gasteiger partial charge in [-0.25, -0.2) is 4.39 Å². The van der Waals surface area contributed by atoms with Crippen LogP contribution in [0.15, 0.2) is 18.2 Å². The van der Waals surface area contributed by atoms with E-state index >= 15 is 0 Å². The second-order valence-corrected chi connectivity index (χ2v) is 3.48. The number of methoxy groups -OCH3 is 1. The molecular weight excluding hydrogens is 205 g/mol. The lowest BCUT2D eigenvalue weighted by Crippen LogP contribution is -2.26. The lowest BCUT2D eigenvalue weighted by atomic mass is 10.2. The quantitative estimate of drug-likeness (QED) is 0.770. The van der Waals surface area contributed by atoms with Gasteiger partial charge in [-0.05, 0) is 24.1 Å². The SMILES string of the molecule is C#CC(CC)NCc1ccc(OC)c(F)c1. The highest BCUT2D eigenvalue weighted by atomic mass is 19.1. The average molecular weight is 221 g/mol. The highest BCUT2D eigenvalue weighted by Gasteiger charge is 2.05. The van der Waals surface area contributed by atoms with E-state index in [2.05, 4.69) is 11.2 Å². The molecule has 1 atom stereocenters. The summed E-state index contributed by atoms with van der Waals surface area (Å²) in [5.74, 6) is 2.54. The smallest absolute Gasteiger partial charge is 0.165 e. The Kier molecular flexibility index (Phi) is 4.81. The number of benzene rings is 1. The summed E-state index contributed by atoms with van der Waals surface area (Å²) in [5.41, 5.74) is 0.854. The minimum absolute atomic E-state index is 0.0326. The van der Waals surface area contributed by atoms with Gasteiger partial charge in [0.05, 0.1) is 13.2 Å². The number of nitrogens with one attached hydrogen (secondary N) is 1. The van der Waals surface area contributed by atoms with Gasteiger partial charge in [0, 0.05) is 6.54 Å². The van der Waals surface area contributed by atoms with Crippen LogP contribution >= 0.6 is 0 Å². The average Bonchev–Trinajstić information content (AvgIpc) is 2.30. The van der Waals surface area contributed by atoms with Crippen LogP contribution < -0.4 is 10.1 Å². The van der Waals surface area contributed by atoms with Gasteiger partial charge in [-0.3, -0.25) is 5.32 Å². The second-order valence-electron chi connectivity index (χ2n) is 3.48. The minimum Gasteiger partial charge on any atom is -0.494 e. The molecule has 86 valence electrons. The van der Waals surface area contributed by atoms with Crippen molar-refractivity contribution in [3.8, 4) is 18.1 Å². The summed E-state index contributed by atoms with van der Waals surface area (Å²) in [7, 11) is 1.45. The van der Waals surface area contributed by atoms with Gasteiger partial charge in [0.2, 0.25) is 0 Å². The Bertz CT molecular complexity index is 384. The molecule has 1 aromatic carbocycles. The lowest BCUT2D eigenvalue weighted by Gasteiger charge is -2.11. The summed E-state index contributed by atoms with van der Waals surface area (Å²) in [6, 6.07) is 4.92. The van der Waals surface area contributed by atoms with Crippen molar-refractivity contribution in [3.05, 3.63) is 29.6 Å². The maximum Gasteiger partial charge on any atom is 0.165 e. The number of terminal acetylenes is 1. The fraction of sp³-hybridized carbons (Fsp3) is 0.385. The van der Waals surface area contributed by atoms with Crippen molar-refractivity contribution in [1.82, 2.24) is 5.32 Å². The van der Waals surface area contributed by atoms with Gasteiger partial charge >= 0.3 is 0 Å². The molecule has 0 spiro atoms. The van der Waals surface area contributed by atoms with E-state index < -0.39 is 0 Å². The topological polar surface area (TPSA) is 21.3 Å². The van der Waals surface area contributed by atoms with Gasteiger partial charge in [-0.2, -0.15) is 0 Å². The third-order valence-corrected chi connectivity index (χ3v) is 2.38. The molecule has 0 aliphatic heterocycles. The summed E-state index contributed by atoms with van der Waals surface area (Å²) in [5, 5.41) is 3.16. The summed E-state index contributed by atoms with van der Waals surface area (Å²) < 4.78 is 18.2. The molecule has 1 N–H and O–H groups in total. The molecule has 0 amide bonds. The number of hydrogen-bond acceptors (Lipinski definition) is 2. The van der Waals surface area contributed by atoms with E-state index in [9.17, 15) is 4.39 Å². The predicted molar refractivity (Wildman–Crippen MR) is 62.7 cm³/mol. The van der Waals surface area contributed by atoms with E-state index in [1.807, 2.05) is 13.0 Å². The molecular formula is C13H16FNO. The van der Waals surface area contributed by atoms with E-state index in [0.717, 1.165) is 12.0 Å². The normalized spacial score (nSPS) is 11.9. The fourth-order valence-corrected chi connectivity index (χ4v) is 1.38. The largest absolute Gasteiger partial charge is 0.494 e. The van der Waals surface area contributed by atoms with Crippen molar-refractivity contribution in [2.75, 3.05) is 7.11 Å². The van der Waals surface area contributed by atoms with Crippen molar-refractivity contribution in [2.45, 2.75) is 25.9 Å². The number of hydrogen-bond donors (Lipinski definition) is 1. The molecule has 16 heavy (non-hydrogen) atoms. The van der Waals surface area contributed by atoms with Gasteiger partial charge in [0.25, 0.3) is 0 Å². The standard InChI is InChI=1S/C13H16FNO/c1-4-11(5-2)15-9-10-6-7-13(16-3)12(14)8-10/h1,6-8,11,15H,5,9H2,2-3H3. The number of ether oxygens (including phenoxy) is 1. The van der Waals surface area contributed by atoms with Crippen LogP contribution in [-0.2, 0) is 6.54 Å². The van der Waals surface area contributed by atoms with Gasteiger partial charge < -0.3 is 4.74 Å². The maximum absolute atomic E-state index is 13.3. The Morgan fingerprint density at radius 2 is 2.31 bits per heavy atom. The van der Waals surface area contributed by atoms with Crippen molar-refractivity contribution >= 4 is 0 Å². The third kappa shape index (κ3) is 3.25. The van der Waals surface area contributed by atoms with Crippen molar-refractivity contribution in [1.29, 1.82) is 0 Å². The molecule has 0 radical (unpaired) electrons. The fourth-order valence-electron chi connectivity index (χ4n) is 1.38. The molecule has 0 fully saturated rings. The summed E-state index contributed by atoms with van der Waals surface area (Å²) >= 11 is 0. The van der Waals surface area contributed by atoms with Gasteiger partial charge in [-0.1, -0.05) is 18.9 Å². The zero-order chi connectivity index (χ0) is 12.0. The zero-order valence-corrected chi connectivity index (χ0v) is 9.59. The first-order chi connectivity index (χ1) is 7.71. The number of halogens is 1. The Morgan fingerprint density at radius 1 is 1.56 bits per heavy atom. The first-order valence-electron chi connectivity index (χ1n) is 5.23. The van der Waals surface area contributed by atoms with Crippen LogP contribution in [0.25, 0.3) is 0 Å². The molecule has 0 heterocycles. The van der Waals surface area contributed by atoms with Crippen molar-refractivity contribution < 1.29 is 9.13 Å². The molecule has 1 aromatic rings. The maximum atomic E-state index is 13.3. The Hall–Kier alpha value is -1.53. The van der Waals surface area contributed by atoms with Crippen molar-refractivity contribution in [3.63, 3.8) is 0 Å². The molecule has 0 bridgehead atoms. The number of rotatable bonds is 5. The van der Waals surface area contributed by atoms with E-state index in [0.29, 0.717) is 6.54 Å². The van der Waals surface area contributed by atoms with Gasteiger partial charge in [0.1, 0.15) is 0 Å². The van der Waals surface area contributed by atoms with Crippen LogP contribution in [0.3, 0.4) is 0 Å². The van der Waals surface area contributed by atoms with Crippen LogP contribution in [0.2, 0.25) is 0 Å². The summed E-state index contributed by atoms with van der Waals surface area (Å²) in [6.07, 6.45) is 6.17. The van der Waals surface area contributed by atoms with Gasteiger partial charge in [0.15, 0.2) is 11.6 Å². The van der Waals surface area contributed by atoms with Crippen LogP contribution in [-0.4, -0.2) is 13.2 Å². The van der Waals surface area contributed by atoms with Crippen LogP contribution in [0.4, 0.5) is 4.39 Å². The van der Waals surface area contributed by atoms with E-state index in [1.165, 1.54) is 13.2 Å². The van der Waals surface area contributed by atoms with Crippen LogP contribution in [0.1, 0.15) is 18.9 Å². The van der Waals surface area contributed by atoms with Crippen molar-refractivity contribution in [2.24, 2.45) is 0 Å². The first-order valence-corrected chi connectivity index (χ1v) is 5.23. The Morgan fingerprint density at radius 3 is 2.81 bits per heavy atom. The van der Waals surface area contributed by atoms with E-state index in [1.54, 1.807) is 6.07 Å². The van der Waals surface area contributed by atoms with Gasteiger partial charge in [-0.15, -0.1) is 6.42 Å². The molecule has 1 unspecified atom stereocenters. The lowest BCUT2D eigenvalue weighted by molar-refractivity contribution is 0.386. The van der Waals surface area contributed by atoms with Crippen LogP contribution in [0.5, 0.6) is 5.75 Å². The molecule has 0 aromatic heterocycles. The molecule has 0 aliphatic carbocycles. The Labute approximate surface area is 95.8 Å². The third-order valence-electron chi connectivity index (χ3n) is 2.38. The molecule has 1 rings (SSSR count). The summed E-state index contributed by atoms with van der Waals surface area (Å²) in [6.45, 7) is 2.57.